The Kier molecular flexibility index (Phi) is 5.23. The molecular weight excluding hydrogens is 320 g/mol. The number of benzene rings is 1. The highest BCUT2D eigenvalue weighted by molar-refractivity contribution is 5.94. The van der Waals surface area contributed by atoms with E-state index in [1.165, 1.54) is 6.07 Å². The summed E-state index contributed by atoms with van der Waals surface area (Å²) >= 11 is 0. The topological polar surface area (TPSA) is 88.4 Å². The standard InChI is InChI=1S/C18H20N4O3/c23-18(15-6-2-1-3-7-15)20-11-14-5-4-10-21(13-14)16-8-9-17(19-12-16)22(24)25/h1-3,6-9,12,14H,4-5,10-11,13H2,(H,20,23)/t14-/m0/s1. The fourth-order valence-electron chi connectivity index (χ4n) is 3.07. The Morgan fingerprint density at radius 2 is 2.08 bits per heavy atom. The summed E-state index contributed by atoms with van der Waals surface area (Å²) in [7, 11) is 0. The molecule has 1 saturated heterocycles. The van der Waals surface area contributed by atoms with E-state index in [1.54, 1.807) is 24.4 Å². The van der Waals surface area contributed by atoms with Crippen LogP contribution in [0.25, 0.3) is 0 Å². The lowest BCUT2D eigenvalue weighted by Crippen LogP contribution is -2.41. The van der Waals surface area contributed by atoms with Crippen LogP contribution < -0.4 is 10.2 Å². The van der Waals surface area contributed by atoms with Crippen molar-refractivity contribution in [2.45, 2.75) is 12.8 Å². The predicted octanol–water partition coefficient (Wildman–Crippen LogP) is 2.64. The van der Waals surface area contributed by atoms with E-state index in [2.05, 4.69) is 15.2 Å². The Morgan fingerprint density at radius 3 is 2.76 bits per heavy atom. The Hall–Kier alpha value is -2.96. The summed E-state index contributed by atoms with van der Waals surface area (Å²) in [6, 6.07) is 12.3. The zero-order chi connectivity index (χ0) is 17.6. The quantitative estimate of drug-likeness (QED) is 0.668. The van der Waals surface area contributed by atoms with E-state index in [1.807, 2.05) is 18.2 Å². The second-order valence-corrected chi connectivity index (χ2v) is 6.16. The average Bonchev–Trinajstić information content (AvgIpc) is 2.67. The maximum atomic E-state index is 12.1. The number of piperidine rings is 1. The molecule has 1 fully saturated rings. The van der Waals surface area contributed by atoms with Gasteiger partial charge in [0.1, 0.15) is 0 Å². The summed E-state index contributed by atoms with van der Waals surface area (Å²) in [5.74, 6) is 0.138. The zero-order valence-electron chi connectivity index (χ0n) is 13.8. The molecule has 3 rings (SSSR count). The molecule has 1 aromatic carbocycles. The number of rotatable bonds is 5. The van der Waals surface area contributed by atoms with Crippen molar-refractivity contribution in [3.05, 3.63) is 64.3 Å². The van der Waals surface area contributed by atoms with Crippen molar-refractivity contribution in [3.8, 4) is 0 Å². The average molecular weight is 340 g/mol. The predicted molar refractivity (Wildman–Crippen MR) is 94.6 cm³/mol. The summed E-state index contributed by atoms with van der Waals surface area (Å²) in [5, 5.41) is 13.7. The molecule has 1 aliphatic heterocycles. The van der Waals surface area contributed by atoms with Gasteiger partial charge in [-0.2, -0.15) is 0 Å². The lowest BCUT2D eigenvalue weighted by Gasteiger charge is -2.33. The highest BCUT2D eigenvalue weighted by atomic mass is 16.6. The number of nitro groups is 1. The lowest BCUT2D eigenvalue weighted by atomic mass is 9.97. The lowest BCUT2D eigenvalue weighted by molar-refractivity contribution is -0.389. The molecule has 1 atom stereocenters. The van der Waals surface area contributed by atoms with Crippen molar-refractivity contribution >= 4 is 17.4 Å². The van der Waals surface area contributed by atoms with Gasteiger partial charge in [0.2, 0.25) is 0 Å². The number of aromatic nitrogens is 1. The van der Waals surface area contributed by atoms with Crippen LogP contribution in [-0.4, -0.2) is 35.4 Å². The van der Waals surface area contributed by atoms with Gasteiger partial charge in [0.05, 0.1) is 5.69 Å². The molecule has 0 unspecified atom stereocenters. The van der Waals surface area contributed by atoms with Gasteiger partial charge in [-0.1, -0.05) is 18.2 Å². The van der Waals surface area contributed by atoms with Crippen LogP contribution in [0.2, 0.25) is 0 Å². The molecule has 130 valence electrons. The molecule has 1 aromatic heterocycles. The molecule has 0 saturated carbocycles. The van der Waals surface area contributed by atoms with Gasteiger partial charge in [-0.15, -0.1) is 0 Å². The molecule has 1 amide bonds. The summed E-state index contributed by atoms with van der Waals surface area (Å²) < 4.78 is 0. The third kappa shape index (κ3) is 4.32. The highest BCUT2D eigenvalue weighted by Gasteiger charge is 2.22. The van der Waals surface area contributed by atoms with Crippen molar-refractivity contribution in [3.63, 3.8) is 0 Å². The van der Waals surface area contributed by atoms with Crippen molar-refractivity contribution in [2.75, 3.05) is 24.5 Å². The van der Waals surface area contributed by atoms with Crippen molar-refractivity contribution < 1.29 is 9.72 Å². The van der Waals surface area contributed by atoms with E-state index < -0.39 is 4.92 Å². The van der Waals surface area contributed by atoms with Crippen LogP contribution in [0, 0.1) is 16.0 Å². The molecule has 0 aliphatic carbocycles. The first-order chi connectivity index (χ1) is 12.1. The van der Waals surface area contributed by atoms with Crippen molar-refractivity contribution in [1.29, 1.82) is 0 Å². The van der Waals surface area contributed by atoms with Crippen LogP contribution in [0.3, 0.4) is 0 Å². The van der Waals surface area contributed by atoms with Crippen molar-refractivity contribution in [2.24, 2.45) is 5.92 Å². The maximum absolute atomic E-state index is 12.1. The van der Waals surface area contributed by atoms with E-state index in [9.17, 15) is 14.9 Å². The van der Waals surface area contributed by atoms with E-state index in [0.29, 0.717) is 18.0 Å². The van der Waals surface area contributed by atoms with Gasteiger partial charge in [-0.25, -0.2) is 0 Å². The van der Waals surface area contributed by atoms with Gasteiger partial charge in [0.25, 0.3) is 5.91 Å². The van der Waals surface area contributed by atoms with Gasteiger partial charge in [-0.05, 0) is 46.9 Å². The van der Waals surface area contributed by atoms with Crippen LogP contribution >= 0.6 is 0 Å². The summed E-state index contributed by atoms with van der Waals surface area (Å²) in [5.41, 5.74) is 1.54. The van der Waals surface area contributed by atoms with Crippen LogP contribution in [0.1, 0.15) is 23.2 Å². The molecule has 1 aliphatic rings. The van der Waals surface area contributed by atoms with Gasteiger partial charge < -0.3 is 20.3 Å². The first-order valence-corrected chi connectivity index (χ1v) is 8.32. The fourth-order valence-corrected chi connectivity index (χ4v) is 3.07. The molecule has 2 heterocycles. The van der Waals surface area contributed by atoms with Gasteiger partial charge >= 0.3 is 5.82 Å². The molecule has 7 heteroatoms. The number of hydrogen-bond acceptors (Lipinski definition) is 5. The maximum Gasteiger partial charge on any atom is 0.363 e. The first kappa shape index (κ1) is 16.9. The summed E-state index contributed by atoms with van der Waals surface area (Å²) in [6.07, 6.45) is 3.61. The third-order valence-corrected chi connectivity index (χ3v) is 4.39. The number of hydrogen-bond donors (Lipinski definition) is 1. The Balaban J connectivity index is 1.56. The van der Waals surface area contributed by atoms with E-state index >= 15 is 0 Å². The second-order valence-electron chi connectivity index (χ2n) is 6.16. The van der Waals surface area contributed by atoms with Crippen LogP contribution in [-0.2, 0) is 0 Å². The zero-order valence-corrected chi connectivity index (χ0v) is 13.8. The molecule has 2 aromatic rings. The van der Waals surface area contributed by atoms with Gasteiger partial charge in [0.15, 0.2) is 6.20 Å². The SMILES string of the molecule is O=C(NC[C@@H]1CCCN(c2ccc([N+](=O)[O-])nc2)C1)c1ccccc1. The molecule has 0 bridgehead atoms. The Morgan fingerprint density at radius 1 is 1.28 bits per heavy atom. The van der Waals surface area contributed by atoms with Crippen LogP contribution in [0.5, 0.6) is 0 Å². The number of nitrogens with one attached hydrogen (secondary N) is 1. The normalized spacial score (nSPS) is 17.1. The van der Waals surface area contributed by atoms with Crippen LogP contribution in [0.15, 0.2) is 48.7 Å². The van der Waals surface area contributed by atoms with Gasteiger partial charge in [0, 0.05) is 31.3 Å². The van der Waals surface area contributed by atoms with E-state index in [4.69, 9.17) is 0 Å². The number of carbonyl (C=O) groups is 1. The molecule has 0 spiro atoms. The fraction of sp³-hybridized carbons (Fsp3) is 0.333. The largest absolute Gasteiger partial charge is 0.368 e. The minimum absolute atomic E-state index is 0.0604. The Bertz CT molecular complexity index is 734. The Labute approximate surface area is 145 Å². The number of amides is 1. The van der Waals surface area contributed by atoms with E-state index in [0.717, 1.165) is 31.6 Å². The first-order valence-electron chi connectivity index (χ1n) is 8.32. The third-order valence-electron chi connectivity index (χ3n) is 4.39. The number of pyridine rings is 1. The smallest absolute Gasteiger partial charge is 0.363 e. The molecule has 25 heavy (non-hydrogen) atoms. The number of nitrogens with zero attached hydrogens (tertiary/aromatic N) is 3. The second kappa shape index (κ2) is 7.74. The molecule has 1 N–H and O–H groups in total. The number of carbonyl (C=O) groups excluding carboxylic acids is 1. The van der Waals surface area contributed by atoms with Gasteiger partial charge in [-0.3, -0.25) is 4.79 Å². The molecular formula is C18H20N4O3. The minimum atomic E-state index is -0.498. The van der Waals surface area contributed by atoms with Crippen molar-refractivity contribution in [1.82, 2.24) is 10.3 Å². The highest BCUT2D eigenvalue weighted by Crippen LogP contribution is 2.23. The monoisotopic (exact) mass is 340 g/mol. The molecule has 7 nitrogen and oxygen atoms in total. The minimum Gasteiger partial charge on any atom is -0.368 e. The van der Waals surface area contributed by atoms with Crippen LogP contribution in [0.4, 0.5) is 11.5 Å². The summed E-state index contributed by atoms with van der Waals surface area (Å²) in [4.78, 5) is 28.4. The van der Waals surface area contributed by atoms with E-state index in [-0.39, 0.29) is 11.7 Å². The number of anilines is 1. The summed E-state index contributed by atoms with van der Waals surface area (Å²) in [6.45, 7) is 2.31. The molecule has 0 radical (unpaired) electrons.